The van der Waals surface area contributed by atoms with Gasteiger partial charge in [-0.1, -0.05) is 28.1 Å². The first-order valence-corrected chi connectivity index (χ1v) is 9.00. The summed E-state index contributed by atoms with van der Waals surface area (Å²) in [5, 5.41) is 6.85. The molecule has 3 aromatic carbocycles. The predicted molar refractivity (Wildman–Crippen MR) is 108 cm³/mol. The van der Waals surface area contributed by atoms with Gasteiger partial charge in [0.2, 0.25) is 0 Å². The lowest BCUT2D eigenvalue weighted by molar-refractivity contribution is -0.118. The topological polar surface area (TPSA) is 76.7 Å². The van der Waals surface area contributed by atoms with Crippen LogP contribution in [0.4, 0.5) is 20.6 Å². The van der Waals surface area contributed by atoms with Crippen molar-refractivity contribution < 1.29 is 23.5 Å². The van der Waals surface area contributed by atoms with Crippen LogP contribution in [0.1, 0.15) is 0 Å². The Balaban J connectivity index is 1.62. The monoisotopic (exact) mass is 446 g/mol. The smallest absolute Gasteiger partial charge is 0.411 e. The maximum atomic E-state index is 13.7. The number of nitrogens with one attached hydrogen (secondary N) is 2. The van der Waals surface area contributed by atoms with E-state index >= 15 is 0 Å². The molecule has 6 nitrogen and oxygen atoms in total. The number of hydrogen-bond donors (Lipinski definition) is 2. The predicted octanol–water partition coefficient (Wildman–Crippen LogP) is 4.94. The number of methoxy groups -OCH3 is 1. The molecule has 0 aliphatic rings. The van der Waals surface area contributed by atoms with Crippen LogP contribution in [0.2, 0.25) is 0 Å². The molecule has 3 rings (SSSR count). The number of amides is 2. The van der Waals surface area contributed by atoms with Gasteiger partial charge < -0.3 is 14.8 Å². The van der Waals surface area contributed by atoms with Gasteiger partial charge in [0.15, 0.2) is 6.61 Å². The highest BCUT2D eigenvalue weighted by Crippen LogP contribution is 2.24. The fraction of sp³-hybridized carbons (Fsp3) is 0.100. The van der Waals surface area contributed by atoms with Crippen LogP contribution in [0.3, 0.4) is 0 Å². The van der Waals surface area contributed by atoms with Crippen molar-refractivity contribution in [3.05, 3.63) is 64.9 Å². The van der Waals surface area contributed by atoms with E-state index in [0.29, 0.717) is 11.4 Å². The highest BCUT2D eigenvalue weighted by Gasteiger charge is 2.10. The fourth-order valence-electron chi connectivity index (χ4n) is 2.49. The molecule has 0 saturated carbocycles. The molecule has 0 heterocycles. The van der Waals surface area contributed by atoms with Crippen LogP contribution in [-0.4, -0.2) is 25.7 Å². The molecular weight excluding hydrogens is 431 g/mol. The number of halogens is 2. The molecule has 2 amide bonds. The summed E-state index contributed by atoms with van der Waals surface area (Å²) in [6, 6.07) is 15.2. The average Bonchev–Trinajstić information content (AvgIpc) is 2.68. The minimum absolute atomic E-state index is 0.105. The quantitative estimate of drug-likeness (QED) is 0.581. The maximum absolute atomic E-state index is 13.7. The van der Waals surface area contributed by atoms with Crippen molar-refractivity contribution in [2.45, 2.75) is 0 Å². The summed E-state index contributed by atoms with van der Waals surface area (Å²) in [6.07, 6.45) is -0.811. The van der Waals surface area contributed by atoms with E-state index in [1.54, 1.807) is 6.07 Å². The van der Waals surface area contributed by atoms with Crippen LogP contribution in [0, 0.1) is 5.82 Å². The van der Waals surface area contributed by atoms with Crippen LogP contribution in [-0.2, 0) is 9.53 Å². The van der Waals surface area contributed by atoms with Crippen molar-refractivity contribution in [3.63, 3.8) is 0 Å². The first-order chi connectivity index (χ1) is 13.4. The Morgan fingerprint density at radius 3 is 2.54 bits per heavy atom. The van der Waals surface area contributed by atoms with E-state index in [1.165, 1.54) is 19.2 Å². The van der Waals surface area contributed by atoms with Crippen molar-refractivity contribution in [2.75, 3.05) is 24.4 Å². The van der Waals surface area contributed by atoms with Gasteiger partial charge in [0.05, 0.1) is 12.8 Å². The van der Waals surface area contributed by atoms with Gasteiger partial charge >= 0.3 is 6.09 Å². The second-order valence-corrected chi connectivity index (χ2v) is 6.72. The van der Waals surface area contributed by atoms with Gasteiger partial charge in [0.1, 0.15) is 11.6 Å². The Kier molecular flexibility index (Phi) is 6.10. The van der Waals surface area contributed by atoms with E-state index < -0.39 is 17.8 Å². The van der Waals surface area contributed by atoms with Crippen LogP contribution >= 0.6 is 15.9 Å². The van der Waals surface area contributed by atoms with E-state index in [9.17, 15) is 14.0 Å². The summed E-state index contributed by atoms with van der Waals surface area (Å²) in [7, 11) is 1.17. The number of fused-ring (bicyclic) bond motifs is 1. The first kappa shape index (κ1) is 19.6. The van der Waals surface area contributed by atoms with Gasteiger partial charge in [0.25, 0.3) is 5.91 Å². The molecule has 3 aromatic rings. The molecule has 0 aliphatic carbocycles. The van der Waals surface area contributed by atoms with Gasteiger partial charge in [-0.3, -0.25) is 10.1 Å². The third-order valence-corrected chi connectivity index (χ3v) is 4.31. The number of carbonyl (C=O) groups excluding carboxylic acids is 2. The molecule has 0 unspecified atom stereocenters. The fourth-order valence-corrected chi connectivity index (χ4v) is 2.87. The van der Waals surface area contributed by atoms with Crippen molar-refractivity contribution in [1.82, 2.24) is 0 Å². The zero-order valence-corrected chi connectivity index (χ0v) is 16.4. The lowest BCUT2D eigenvalue weighted by Crippen LogP contribution is -2.20. The minimum Gasteiger partial charge on any atom is -0.484 e. The number of anilines is 2. The number of ether oxygens (including phenoxy) is 2. The molecule has 0 atom stereocenters. The largest absolute Gasteiger partial charge is 0.484 e. The first-order valence-electron chi connectivity index (χ1n) is 8.21. The van der Waals surface area contributed by atoms with Gasteiger partial charge in [-0.25, -0.2) is 9.18 Å². The van der Waals surface area contributed by atoms with Gasteiger partial charge in [-0.05, 0) is 53.2 Å². The Labute approximate surface area is 168 Å². The second kappa shape index (κ2) is 8.71. The summed E-state index contributed by atoms with van der Waals surface area (Å²) < 4.78 is 24.6. The molecule has 8 heteroatoms. The SMILES string of the molecule is COC(=O)Nc1cc(NC(=O)COc2ccc3cc(Br)ccc3c2)ccc1F. The Morgan fingerprint density at radius 1 is 1.00 bits per heavy atom. The maximum Gasteiger partial charge on any atom is 0.411 e. The lowest BCUT2D eigenvalue weighted by atomic mass is 10.1. The summed E-state index contributed by atoms with van der Waals surface area (Å²) in [4.78, 5) is 23.3. The number of benzene rings is 3. The summed E-state index contributed by atoms with van der Waals surface area (Å²) >= 11 is 3.42. The van der Waals surface area contributed by atoms with Crippen LogP contribution < -0.4 is 15.4 Å². The zero-order valence-electron chi connectivity index (χ0n) is 14.8. The van der Waals surface area contributed by atoms with Crippen molar-refractivity contribution in [3.8, 4) is 5.75 Å². The third kappa shape index (κ3) is 4.98. The number of rotatable bonds is 5. The van der Waals surface area contributed by atoms with Crippen LogP contribution in [0.15, 0.2) is 59.1 Å². The number of carbonyl (C=O) groups is 2. The molecule has 0 aromatic heterocycles. The normalized spacial score (nSPS) is 10.4. The van der Waals surface area contributed by atoms with E-state index in [0.717, 1.165) is 21.3 Å². The highest BCUT2D eigenvalue weighted by atomic mass is 79.9. The molecule has 0 bridgehead atoms. The van der Waals surface area contributed by atoms with E-state index in [2.05, 4.69) is 31.3 Å². The highest BCUT2D eigenvalue weighted by molar-refractivity contribution is 9.10. The molecular formula is C20H16BrFN2O4. The average molecular weight is 447 g/mol. The molecule has 28 heavy (non-hydrogen) atoms. The van der Waals surface area contributed by atoms with E-state index in [-0.39, 0.29) is 12.3 Å². The van der Waals surface area contributed by atoms with E-state index in [4.69, 9.17) is 4.74 Å². The third-order valence-electron chi connectivity index (χ3n) is 3.82. The Bertz CT molecular complexity index is 1040. The molecule has 2 N–H and O–H groups in total. The van der Waals surface area contributed by atoms with Gasteiger partial charge in [-0.2, -0.15) is 0 Å². The van der Waals surface area contributed by atoms with Crippen LogP contribution in [0.5, 0.6) is 5.75 Å². The molecule has 0 fully saturated rings. The molecule has 0 radical (unpaired) electrons. The number of hydrogen-bond acceptors (Lipinski definition) is 4. The standard InChI is InChI=1S/C20H16BrFN2O4/c1-27-20(26)24-18-10-15(5-7-17(18)22)23-19(25)11-28-16-6-3-12-8-14(21)4-2-13(12)9-16/h2-10H,11H2,1H3,(H,23,25)(H,24,26). The summed E-state index contributed by atoms with van der Waals surface area (Å²) in [6.45, 7) is -0.223. The van der Waals surface area contributed by atoms with Crippen LogP contribution in [0.25, 0.3) is 10.8 Å². The van der Waals surface area contributed by atoms with Gasteiger partial charge in [0, 0.05) is 10.2 Å². The Hall–Kier alpha value is -3.13. The van der Waals surface area contributed by atoms with Crippen molar-refractivity contribution >= 4 is 50.1 Å². The Morgan fingerprint density at radius 2 is 1.75 bits per heavy atom. The summed E-state index contributed by atoms with van der Waals surface area (Å²) in [5.41, 5.74) is 0.205. The molecule has 144 valence electrons. The molecule has 0 saturated heterocycles. The second-order valence-electron chi connectivity index (χ2n) is 5.80. The van der Waals surface area contributed by atoms with Crippen molar-refractivity contribution in [2.24, 2.45) is 0 Å². The molecule has 0 aliphatic heterocycles. The van der Waals surface area contributed by atoms with Gasteiger partial charge in [-0.15, -0.1) is 0 Å². The minimum atomic E-state index is -0.811. The summed E-state index contributed by atoms with van der Waals surface area (Å²) in [5.74, 6) is -0.522. The molecule has 0 spiro atoms. The lowest BCUT2D eigenvalue weighted by Gasteiger charge is -2.10. The van der Waals surface area contributed by atoms with Crippen molar-refractivity contribution in [1.29, 1.82) is 0 Å². The van der Waals surface area contributed by atoms with E-state index in [1.807, 2.05) is 30.3 Å². The zero-order chi connectivity index (χ0) is 20.1.